The Morgan fingerprint density at radius 3 is 2.46 bits per heavy atom. The third-order valence-corrected chi connectivity index (χ3v) is 6.10. The van der Waals surface area contributed by atoms with Gasteiger partial charge in [-0.1, -0.05) is 11.3 Å². The van der Waals surface area contributed by atoms with Gasteiger partial charge in [-0.3, -0.25) is 0 Å². The summed E-state index contributed by atoms with van der Waals surface area (Å²) in [6.07, 6.45) is -2.76. The summed E-state index contributed by atoms with van der Waals surface area (Å²) in [7, 11) is 0. The lowest BCUT2D eigenvalue weighted by Crippen LogP contribution is -2.52. The summed E-state index contributed by atoms with van der Waals surface area (Å²) in [6, 6.07) is 5.74. The standard InChI is InChI=1S/C23H20F4N6O4/c24-12-2-1-3-13(8-12)33-23(28-10-29-33)22-21(36)19(20(35)17(37-22)4-5-34)32-9-16(30-31-32)11-6-14(25)18(27)15(26)7-11/h1-3,6-10,17,19-22,34-36H,4-5H2/t17-,19+,20+,21-,22-/m1/s1. The van der Waals surface area contributed by atoms with Crippen LogP contribution in [0.3, 0.4) is 0 Å². The van der Waals surface area contributed by atoms with Crippen LogP contribution in [0.1, 0.15) is 24.4 Å². The maximum atomic E-state index is 13.8. The van der Waals surface area contributed by atoms with Crippen molar-refractivity contribution in [3.8, 4) is 16.9 Å². The Hall–Kier alpha value is -3.72. The molecule has 0 amide bonds. The Morgan fingerprint density at radius 1 is 1.00 bits per heavy atom. The number of nitrogens with zero attached hydrogens (tertiary/aromatic N) is 6. The van der Waals surface area contributed by atoms with Gasteiger partial charge in [0.1, 0.15) is 42.2 Å². The SMILES string of the molecule is OCC[C@H]1O[C@@H](c2ncnn2-c2cccc(F)c2)[C@H](O)[C@@H](n2cc(-c3cc(F)c(F)c(F)c3)nn2)[C@H]1O. The van der Waals surface area contributed by atoms with E-state index in [9.17, 15) is 32.9 Å². The maximum Gasteiger partial charge on any atom is 0.194 e. The molecule has 1 aliphatic heterocycles. The van der Waals surface area contributed by atoms with Gasteiger partial charge in [-0.15, -0.1) is 5.10 Å². The molecular weight excluding hydrogens is 500 g/mol. The first-order valence-electron chi connectivity index (χ1n) is 11.1. The van der Waals surface area contributed by atoms with Crippen LogP contribution in [0.2, 0.25) is 0 Å². The van der Waals surface area contributed by atoms with E-state index in [4.69, 9.17) is 4.74 Å². The zero-order valence-corrected chi connectivity index (χ0v) is 18.9. The van der Waals surface area contributed by atoms with Crippen LogP contribution in [-0.4, -0.2) is 70.0 Å². The van der Waals surface area contributed by atoms with Crippen molar-refractivity contribution in [3.05, 3.63) is 78.0 Å². The number of aromatic nitrogens is 6. The zero-order valence-electron chi connectivity index (χ0n) is 18.9. The predicted molar refractivity (Wildman–Crippen MR) is 117 cm³/mol. The van der Waals surface area contributed by atoms with E-state index < -0.39 is 53.7 Å². The van der Waals surface area contributed by atoms with Crippen LogP contribution in [0.15, 0.2) is 48.9 Å². The van der Waals surface area contributed by atoms with Crippen molar-refractivity contribution in [2.45, 2.75) is 36.9 Å². The predicted octanol–water partition coefficient (Wildman–Crippen LogP) is 1.87. The molecule has 0 spiro atoms. The van der Waals surface area contributed by atoms with Crippen LogP contribution in [0.5, 0.6) is 0 Å². The van der Waals surface area contributed by atoms with E-state index in [0.717, 1.165) is 16.8 Å². The van der Waals surface area contributed by atoms with Crippen LogP contribution in [0.25, 0.3) is 16.9 Å². The Morgan fingerprint density at radius 2 is 1.76 bits per heavy atom. The summed E-state index contributed by atoms with van der Waals surface area (Å²) in [6.45, 7) is -0.357. The molecule has 10 nitrogen and oxygen atoms in total. The second-order valence-electron chi connectivity index (χ2n) is 8.43. The van der Waals surface area contributed by atoms with Crippen LogP contribution in [0.4, 0.5) is 17.6 Å². The number of ether oxygens (including phenoxy) is 1. The number of hydrogen-bond acceptors (Lipinski definition) is 8. The second kappa shape index (κ2) is 9.97. The molecule has 194 valence electrons. The lowest BCUT2D eigenvalue weighted by Gasteiger charge is -2.42. The summed E-state index contributed by atoms with van der Waals surface area (Å²) < 4.78 is 62.9. The number of hydrogen-bond donors (Lipinski definition) is 3. The van der Waals surface area contributed by atoms with Crippen LogP contribution < -0.4 is 0 Å². The Kier molecular flexibility index (Phi) is 6.72. The molecule has 3 N–H and O–H groups in total. The minimum atomic E-state index is -1.64. The molecule has 0 unspecified atom stereocenters. The minimum Gasteiger partial charge on any atom is -0.396 e. The van der Waals surface area contributed by atoms with Gasteiger partial charge in [0.25, 0.3) is 0 Å². The van der Waals surface area contributed by atoms with Crippen LogP contribution in [0, 0.1) is 23.3 Å². The van der Waals surface area contributed by atoms with E-state index >= 15 is 0 Å². The lowest BCUT2D eigenvalue weighted by molar-refractivity contribution is -0.205. The van der Waals surface area contributed by atoms with Crippen molar-refractivity contribution in [2.24, 2.45) is 0 Å². The average Bonchev–Trinajstić information content (AvgIpc) is 3.55. The number of benzene rings is 2. The van der Waals surface area contributed by atoms with Crippen LogP contribution >= 0.6 is 0 Å². The zero-order chi connectivity index (χ0) is 26.3. The number of aliphatic hydroxyl groups is 3. The van der Waals surface area contributed by atoms with Gasteiger partial charge in [0.2, 0.25) is 0 Å². The van der Waals surface area contributed by atoms with Crippen molar-refractivity contribution >= 4 is 0 Å². The highest BCUT2D eigenvalue weighted by atomic mass is 19.2. The molecule has 2 aromatic carbocycles. The summed E-state index contributed by atoms with van der Waals surface area (Å²) in [5.41, 5.74) is 0.128. The van der Waals surface area contributed by atoms with E-state index in [1.807, 2.05) is 0 Å². The lowest BCUT2D eigenvalue weighted by atomic mass is 9.90. The monoisotopic (exact) mass is 520 g/mol. The van der Waals surface area contributed by atoms with Gasteiger partial charge in [0, 0.05) is 12.2 Å². The molecule has 4 aromatic rings. The van der Waals surface area contributed by atoms with Crippen molar-refractivity contribution in [1.29, 1.82) is 0 Å². The smallest absolute Gasteiger partial charge is 0.194 e. The highest BCUT2D eigenvalue weighted by Crippen LogP contribution is 2.39. The summed E-state index contributed by atoms with van der Waals surface area (Å²) in [5, 5.41) is 43.6. The third kappa shape index (κ3) is 4.59. The summed E-state index contributed by atoms with van der Waals surface area (Å²) in [4.78, 5) is 4.16. The molecule has 0 radical (unpaired) electrons. The first kappa shape index (κ1) is 25.0. The van der Waals surface area contributed by atoms with E-state index in [1.165, 1.54) is 35.4 Å². The highest BCUT2D eigenvalue weighted by molar-refractivity contribution is 5.58. The Bertz CT molecular complexity index is 1390. The maximum absolute atomic E-state index is 13.8. The van der Waals surface area contributed by atoms with Gasteiger partial charge < -0.3 is 20.1 Å². The van der Waals surface area contributed by atoms with Crippen LogP contribution in [-0.2, 0) is 4.74 Å². The molecule has 2 aromatic heterocycles. The van der Waals surface area contributed by atoms with Gasteiger partial charge in [0.15, 0.2) is 23.3 Å². The Labute approximate surface area is 206 Å². The molecule has 3 heterocycles. The molecule has 0 bridgehead atoms. The van der Waals surface area contributed by atoms with E-state index in [1.54, 1.807) is 6.07 Å². The Balaban J connectivity index is 1.52. The van der Waals surface area contributed by atoms with Gasteiger partial charge >= 0.3 is 0 Å². The molecule has 5 atom stereocenters. The van der Waals surface area contributed by atoms with Gasteiger partial charge in [-0.25, -0.2) is 31.9 Å². The average molecular weight is 520 g/mol. The molecule has 37 heavy (non-hydrogen) atoms. The topological polar surface area (TPSA) is 131 Å². The number of aliphatic hydroxyl groups excluding tert-OH is 3. The van der Waals surface area contributed by atoms with Crippen molar-refractivity contribution in [2.75, 3.05) is 6.61 Å². The van der Waals surface area contributed by atoms with E-state index in [0.29, 0.717) is 5.69 Å². The number of rotatable bonds is 6. The minimum absolute atomic E-state index is 0.0229. The highest BCUT2D eigenvalue weighted by Gasteiger charge is 2.48. The first-order valence-corrected chi connectivity index (χ1v) is 11.1. The normalized spacial score (nSPS) is 23.9. The molecule has 0 saturated carbocycles. The first-order chi connectivity index (χ1) is 17.8. The number of halogens is 4. The third-order valence-electron chi connectivity index (χ3n) is 6.10. The van der Waals surface area contributed by atoms with Gasteiger partial charge in [-0.05, 0) is 36.8 Å². The molecule has 1 fully saturated rings. The molecular formula is C23H20F4N6O4. The van der Waals surface area contributed by atoms with Gasteiger partial charge in [-0.2, -0.15) is 5.10 Å². The molecule has 1 aliphatic rings. The fraction of sp³-hybridized carbons (Fsp3) is 0.304. The van der Waals surface area contributed by atoms with Crippen molar-refractivity contribution < 1.29 is 37.6 Å². The molecule has 14 heteroatoms. The second-order valence-corrected chi connectivity index (χ2v) is 8.43. The molecule has 5 rings (SSSR count). The quantitative estimate of drug-likeness (QED) is 0.260. The molecule has 1 saturated heterocycles. The largest absolute Gasteiger partial charge is 0.396 e. The fourth-order valence-corrected chi connectivity index (χ4v) is 4.35. The summed E-state index contributed by atoms with van der Waals surface area (Å²) >= 11 is 0. The van der Waals surface area contributed by atoms with Gasteiger partial charge in [0.05, 0.1) is 18.0 Å². The molecule has 0 aliphatic carbocycles. The van der Waals surface area contributed by atoms with E-state index in [-0.39, 0.29) is 30.1 Å². The van der Waals surface area contributed by atoms with Crippen molar-refractivity contribution in [1.82, 2.24) is 29.8 Å². The summed E-state index contributed by atoms with van der Waals surface area (Å²) in [5.74, 6) is -4.92. The van der Waals surface area contributed by atoms with Crippen molar-refractivity contribution in [3.63, 3.8) is 0 Å². The van der Waals surface area contributed by atoms with E-state index in [2.05, 4.69) is 20.4 Å². The fourth-order valence-electron chi connectivity index (χ4n) is 4.35.